The predicted octanol–water partition coefficient (Wildman–Crippen LogP) is 3.76. The molecule has 0 atom stereocenters. The lowest BCUT2D eigenvalue weighted by Gasteiger charge is -2.05. The smallest absolute Gasteiger partial charge is 0.137 e. The summed E-state index contributed by atoms with van der Waals surface area (Å²) >= 11 is 2.06. The van der Waals surface area contributed by atoms with E-state index in [0.29, 0.717) is 11.3 Å². The summed E-state index contributed by atoms with van der Waals surface area (Å²) in [7, 11) is 1.60. The van der Waals surface area contributed by atoms with Crippen LogP contribution in [0.3, 0.4) is 0 Å². The first-order chi connectivity index (χ1) is 8.70. The molecule has 3 nitrogen and oxygen atoms in total. The molecule has 2 aromatic rings. The third kappa shape index (κ3) is 3.01. The lowest BCUT2D eigenvalue weighted by molar-refractivity contribution is 0.411. The van der Waals surface area contributed by atoms with E-state index in [0.717, 1.165) is 9.26 Å². The SMILES string of the molecule is COc1cc(I)c(O)c(C=Nc2ccccc2)c1. The number of para-hydroxylation sites is 1. The molecule has 0 heterocycles. The Morgan fingerprint density at radius 1 is 1.22 bits per heavy atom. The fourth-order valence-corrected chi connectivity index (χ4v) is 2.09. The monoisotopic (exact) mass is 353 g/mol. The standard InChI is InChI=1S/C14H12INO2/c1-18-12-7-10(14(17)13(15)8-12)9-16-11-5-3-2-4-6-11/h2-9,17H,1H3. The van der Waals surface area contributed by atoms with E-state index in [4.69, 9.17) is 4.74 Å². The van der Waals surface area contributed by atoms with Gasteiger partial charge >= 0.3 is 0 Å². The quantitative estimate of drug-likeness (QED) is 0.675. The maximum absolute atomic E-state index is 9.94. The third-order valence-corrected chi connectivity index (χ3v) is 3.23. The molecule has 0 bridgehead atoms. The molecule has 0 fully saturated rings. The highest BCUT2D eigenvalue weighted by Gasteiger charge is 2.06. The van der Waals surface area contributed by atoms with Crippen molar-refractivity contribution in [3.05, 3.63) is 51.6 Å². The van der Waals surface area contributed by atoms with Gasteiger partial charge in [-0.2, -0.15) is 0 Å². The largest absolute Gasteiger partial charge is 0.506 e. The Labute approximate surface area is 119 Å². The van der Waals surface area contributed by atoms with Gasteiger partial charge in [0.15, 0.2) is 0 Å². The second-order valence-corrected chi connectivity index (χ2v) is 4.80. The molecule has 0 aliphatic heterocycles. The van der Waals surface area contributed by atoms with Gasteiger partial charge in [-0.1, -0.05) is 18.2 Å². The van der Waals surface area contributed by atoms with Crippen molar-refractivity contribution < 1.29 is 9.84 Å². The molecule has 92 valence electrons. The predicted molar refractivity (Wildman–Crippen MR) is 81.1 cm³/mol. The number of hydrogen-bond donors (Lipinski definition) is 1. The fraction of sp³-hybridized carbons (Fsp3) is 0.0714. The third-order valence-electron chi connectivity index (χ3n) is 2.41. The molecule has 4 heteroatoms. The molecule has 0 unspecified atom stereocenters. The van der Waals surface area contributed by atoms with E-state index < -0.39 is 0 Å². The summed E-state index contributed by atoms with van der Waals surface area (Å²) < 4.78 is 5.90. The summed E-state index contributed by atoms with van der Waals surface area (Å²) in [5, 5.41) is 9.94. The lowest BCUT2D eigenvalue weighted by Crippen LogP contribution is -1.90. The first-order valence-electron chi connectivity index (χ1n) is 5.36. The zero-order valence-corrected chi connectivity index (χ0v) is 12.0. The van der Waals surface area contributed by atoms with Crippen molar-refractivity contribution in [2.45, 2.75) is 0 Å². The number of phenolic OH excluding ortho intramolecular Hbond substituents is 1. The maximum Gasteiger partial charge on any atom is 0.137 e. The van der Waals surface area contributed by atoms with E-state index in [9.17, 15) is 5.11 Å². The maximum atomic E-state index is 9.94. The molecular weight excluding hydrogens is 341 g/mol. The number of methoxy groups -OCH3 is 1. The van der Waals surface area contributed by atoms with E-state index in [1.54, 1.807) is 25.5 Å². The van der Waals surface area contributed by atoms with Crippen molar-refractivity contribution in [1.29, 1.82) is 0 Å². The molecule has 0 saturated heterocycles. The lowest BCUT2D eigenvalue weighted by atomic mass is 10.2. The van der Waals surface area contributed by atoms with Gasteiger partial charge < -0.3 is 9.84 Å². The molecule has 2 aromatic carbocycles. The molecule has 2 rings (SSSR count). The van der Waals surface area contributed by atoms with Crippen LogP contribution in [0, 0.1) is 3.57 Å². The number of rotatable bonds is 3. The number of nitrogens with zero attached hydrogens (tertiary/aromatic N) is 1. The number of aliphatic imine (C=N–C) groups is 1. The van der Waals surface area contributed by atoms with Crippen molar-refractivity contribution >= 4 is 34.5 Å². The molecule has 1 N–H and O–H groups in total. The van der Waals surface area contributed by atoms with Crippen LogP contribution in [0.4, 0.5) is 5.69 Å². The average molecular weight is 353 g/mol. The van der Waals surface area contributed by atoms with Crippen molar-refractivity contribution in [2.24, 2.45) is 4.99 Å². The summed E-state index contributed by atoms with van der Waals surface area (Å²) in [5.74, 6) is 0.919. The second kappa shape index (κ2) is 5.86. The van der Waals surface area contributed by atoms with Gasteiger partial charge in [-0.15, -0.1) is 0 Å². The summed E-state index contributed by atoms with van der Waals surface area (Å²) in [5.41, 5.74) is 1.48. The van der Waals surface area contributed by atoms with Gasteiger partial charge in [-0.25, -0.2) is 0 Å². The highest BCUT2D eigenvalue weighted by Crippen LogP contribution is 2.28. The van der Waals surface area contributed by atoms with Crippen molar-refractivity contribution in [1.82, 2.24) is 0 Å². The van der Waals surface area contributed by atoms with Gasteiger partial charge in [-0.05, 0) is 46.9 Å². The number of halogens is 1. The zero-order valence-electron chi connectivity index (χ0n) is 9.80. The van der Waals surface area contributed by atoms with Gasteiger partial charge in [0.05, 0.1) is 16.4 Å². The van der Waals surface area contributed by atoms with Crippen LogP contribution in [0.2, 0.25) is 0 Å². The van der Waals surface area contributed by atoms with Gasteiger partial charge in [-0.3, -0.25) is 4.99 Å². The Morgan fingerprint density at radius 3 is 2.61 bits per heavy atom. The highest BCUT2D eigenvalue weighted by molar-refractivity contribution is 14.1. The van der Waals surface area contributed by atoms with E-state index in [1.165, 1.54) is 0 Å². The van der Waals surface area contributed by atoms with E-state index >= 15 is 0 Å². The average Bonchev–Trinajstić information content (AvgIpc) is 2.41. The molecule has 0 aliphatic rings. The molecule has 0 saturated carbocycles. The summed E-state index contributed by atoms with van der Waals surface area (Å²) in [6, 6.07) is 13.1. The molecule has 0 amide bonds. The van der Waals surface area contributed by atoms with Gasteiger partial charge in [0, 0.05) is 11.8 Å². The first-order valence-corrected chi connectivity index (χ1v) is 6.44. The highest BCUT2D eigenvalue weighted by atomic mass is 127. The molecule has 0 aromatic heterocycles. The Hall–Kier alpha value is -1.56. The summed E-state index contributed by atoms with van der Waals surface area (Å²) in [6.45, 7) is 0. The Kier molecular flexibility index (Phi) is 4.19. The van der Waals surface area contributed by atoms with E-state index in [2.05, 4.69) is 27.6 Å². The van der Waals surface area contributed by atoms with Crippen molar-refractivity contribution in [2.75, 3.05) is 7.11 Å². The van der Waals surface area contributed by atoms with Gasteiger partial charge in [0.2, 0.25) is 0 Å². The topological polar surface area (TPSA) is 41.8 Å². The Morgan fingerprint density at radius 2 is 1.94 bits per heavy atom. The molecule has 18 heavy (non-hydrogen) atoms. The van der Waals surface area contributed by atoms with Crippen LogP contribution < -0.4 is 4.74 Å². The molecule has 0 spiro atoms. The van der Waals surface area contributed by atoms with Crippen LogP contribution in [0.5, 0.6) is 11.5 Å². The van der Waals surface area contributed by atoms with Gasteiger partial charge in [0.1, 0.15) is 11.5 Å². The number of hydrogen-bond acceptors (Lipinski definition) is 3. The molecular formula is C14H12INO2. The van der Waals surface area contributed by atoms with E-state index in [1.807, 2.05) is 30.3 Å². The summed E-state index contributed by atoms with van der Waals surface area (Å²) in [6.07, 6.45) is 1.63. The van der Waals surface area contributed by atoms with Crippen LogP contribution in [0.25, 0.3) is 0 Å². The van der Waals surface area contributed by atoms with E-state index in [-0.39, 0.29) is 5.75 Å². The first kappa shape index (κ1) is 12.9. The fourth-order valence-electron chi connectivity index (χ4n) is 1.47. The number of aromatic hydroxyl groups is 1. The van der Waals surface area contributed by atoms with Crippen LogP contribution in [0.1, 0.15) is 5.56 Å². The Bertz CT molecular complexity index is 568. The zero-order chi connectivity index (χ0) is 13.0. The summed E-state index contributed by atoms with van der Waals surface area (Å²) in [4.78, 5) is 4.31. The normalized spacial score (nSPS) is 10.8. The minimum Gasteiger partial charge on any atom is -0.506 e. The van der Waals surface area contributed by atoms with Gasteiger partial charge in [0.25, 0.3) is 0 Å². The minimum atomic E-state index is 0.219. The van der Waals surface area contributed by atoms with Crippen molar-refractivity contribution in [3.8, 4) is 11.5 Å². The van der Waals surface area contributed by atoms with Crippen LogP contribution in [0.15, 0.2) is 47.5 Å². The van der Waals surface area contributed by atoms with Crippen LogP contribution >= 0.6 is 22.6 Å². The Balaban J connectivity index is 2.34. The second-order valence-electron chi connectivity index (χ2n) is 3.64. The minimum absolute atomic E-state index is 0.219. The number of ether oxygens (including phenoxy) is 1. The number of benzene rings is 2. The van der Waals surface area contributed by atoms with Crippen LogP contribution in [-0.4, -0.2) is 18.4 Å². The number of phenols is 1. The van der Waals surface area contributed by atoms with Crippen LogP contribution in [-0.2, 0) is 0 Å². The molecule has 0 aliphatic carbocycles. The molecule has 0 radical (unpaired) electrons. The van der Waals surface area contributed by atoms with Crippen molar-refractivity contribution in [3.63, 3.8) is 0 Å².